The van der Waals surface area contributed by atoms with Crippen LogP contribution in [-0.2, 0) is 5.75 Å². The Labute approximate surface area is 147 Å². The third-order valence-corrected chi connectivity index (χ3v) is 3.91. The Morgan fingerprint density at radius 2 is 1.83 bits per heavy atom. The molecule has 0 saturated heterocycles. The van der Waals surface area contributed by atoms with Crippen molar-refractivity contribution in [1.29, 1.82) is 0 Å². The number of hydrogen-bond acceptors (Lipinski definition) is 4. The van der Waals surface area contributed by atoms with Crippen molar-refractivity contribution in [3.05, 3.63) is 65.7 Å². The summed E-state index contributed by atoms with van der Waals surface area (Å²) in [6.07, 6.45) is 1.68. The zero-order valence-electron chi connectivity index (χ0n) is 14.1. The summed E-state index contributed by atoms with van der Waals surface area (Å²) in [4.78, 5) is 0. The van der Waals surface area contributed by atoms with Crippen LogP contribution in [0.15, 0.2) is 64.8 Å². The quantitative estimate of drug-likeness (QED) is 0.464. The van der Waals surface area contributed by atoms with Gasteiger partial charge >= 0.3 is 0 Å². The molecule has 2 aromatic rings. The summed E-state index contributed by atoms with van der Waals surface area (Å²) in [5, 5.41) is 8.50. The fourth-order valence-electron chi connectivity index (χ4n) is 1.83. The van der Waals surface area contributed by atoms with E-state index in [9.17, 15) is 0 Å². The van der Waals surface area contributed by atoms with E-state index in [1.165, 1.54) is 17.3 Å². The first-order chi connectivity index (χ1) is 11.6. The fraction of sp³-hybridized carbons (Fsp3) is 0.263. The first kappa shape index (κ1) is 18.1. The Balaban J connectivity index is 1.81. The molecule has 0 atom stereocenters. The number of nitrogens with zero attached hydrogens (tertiary/aromatic N) is 2. The minimum absolute atomic E-state index is 0.451. The van der Waals surface area contributed by atoms with Crippen molar-refractivity contribution in [2.24, 2.45) is 21.9 Å². The second kappa shape index (κ2) is 9.78. The molecule has 0 saturated carbocycles. The zero-order chi connectivity index (χ0) is 17.2. The zero-order valence-corrected chi connectivity index (χ0v) is 14.9. The Bertz CT molecular complexity index is 667. The van der Waals surface area contributed by atoms with E-state index >= 15 is 0 Å². The summed E-state index contributed by atoms with van der Waals surface area (Å²) in [5.41, 5.74) is 8.02. The van der Waals surface area contributed by atoms with E-state index in [1.807, 2.05) is 42.5 Å². The smallest absolute Gasteiger partial charge is 0.180 e. The topological polar surface area (TPSA) is 60.0 Å². The molecule has 0 aromatic heterocycles. The van der Waals surface area contributed by atoms with Crippen molar-refractivity contribution in [3.8, 4) is 5.75 Å². The van der Waals surface area contributed by atoms with Gasteiger partial charge in [-0.15, -0.1) is 5.10 Å². The van der Waals surface area contributed by atoms with Gasteiger partial charge in [-0.05, 0) is 41.3 Å². The van der Waals surface area contributed by atoms with Crippen molar-refractivity contribution in [3.63, 3.8) is 0 Å². The van der Waals surface area contributed by atoms with Crippen LogP contribution in [0, 0.1) is 5.92 Å². The lowest BCUT2D eigenvalue weighted by Gasteiger charge is -2.08. The van der Waals surface area contributed by atoms with Gasteiger partial charge in [0.1, 0.15) is 5.75 Å². The van der Waals surface area contributed by atoms with Crippen LogP contribution in [0.2, 0.25) is 0 Å². The minimum Gasteiger partial charge on any atom is -0.493 e. The van der Waals surface area contributed by atoms with Crippen LogP contribution in [0.1, 0.15) is 25.0 Å². The molecule has 2 N–H and O–H groups in total. The van der Waals surface area contributed by atoms with Gasteiger partial charge in [-0.1, -0.05) is 55.9 Å². The van der Waals surface area contributed by atoms with Crippen LogP contribution >= 0.6 is 11.8 Å². The molecule has 4 nitrogen and oxygen atoms in total. The highest BCUT2D eigenvalue weighted by Crippen LogP contribution is 2.13. The van der Waals surface area contributed by atoms with E-state index in [-0.39, 0.29) is 0 Å². The van der Waals surface area contributed by atoms with Crippen LogP contribution < -0.4 is 10.5 Å². The number of benzene rings is 2. The van der Waals surface area contributed by atoms with Gasteiger partial charge in [0, 0.05) is 5.75 Å². The van der Waals surface area contributed by atoms with E-state index in [0.29, 0.717) is 17.7 Å². The lowest BCUT2D eigenvalue weighted by atomic mass is 10.2. The number of rotatable bonds is 7. The number of ether oxygens (including phenoxy) is 1. The number of nitrogens with two attached hydrogens (primary N) is 1. The molecule has 0 unspecified atom stereocenters. The summed E-state index contributed by atoms with van der Waals surface area (Å²) < 4.78 is 5.64. The average molecular weight is 341 g/mol. The van der Waals surface area contributed by atoms with Crippen LogP contribution in [-0.4, -0.2) is 18.0 Å². The summed E-state index contributed by atoms with van der Waals surface area (Å²) >= 11 is 1.47. The standard InChI is InChI=1S/C19H23N3OS/c1-15(2)13-23-18-10-8-16(9-11-18)12-21-22-19(20)24-14-17-6-4-3-5-7-17/h3-12,15H,13-14H2,1-2H3,(H2,20,22). The fourth-order valence-corrected chi connectivity index (χ4v) is 2.44. The van der Waals surface area contributed by atoms with Gasteiger partial charge in [0.2, 0.25) is 0 Å². The maximum absolute atomic E-state index is 5.86. The van der Waals surface area contributed by atoms with Crippen molar-refractivity contribution < 1.29 is 4.74 Å². The first-order valence-corrected chi connectivity index (χ1v) is 8.88. The predicted molar refractivity (Wildman–Crippen MR) is 104 cm³/mol. The van der Waals surface area contributed by atoms with Crippen molar-refractivity contribution in [2.45, 2.75) is 19.6 Å². The lowest BCUT2D eigenvalue weighted by Crippen LogP contribution is -2.06. The van der Waals surface area contributed by atoms with E-state index in [2.05, 4.69) is 36.2 Å². The Morgan fingerprint density at radius 3 is 2.50 bits per heavy atom. The van der Waals surface area contributed by atoms with E-state index < -0.39 is 0 Å². The second-order valence-corrected chi connectivity index (χ2v) is 6.73. The number of hydrogen-bond donors (Lipinski definition) is 1. The van der Waals surface area contributed by atoms with E-state index in [0.717, 1.165) is 17.1 Å². The summed E-state index contributed by atoms with van der Waals surface area (Å²) in [5.74, 6) is 2.16. The third-order valence-electron chi connectivity index (χ3n) is 3.06. The third kappa shape index (κ3) is 6.87. The summed E-state index contributed by atoms with van der Waals surface area (Å²) in [6, 6.07) is 17.9. The van der Waals surface area contributed by atoms with Gasteiger partial charge in [-0.3, -0.25) is 0 Å². The maximum Gasteiger partial charge on any atom is 0.180 e. The predicted octanol–water partition coefficient (Wildman–Crippen LogP) is 4.30. The van der Waals surface area contributed by atoms with Crippen LogP contribution in [0.4, 0.5) is 0 Å². The molecule has 0 spiro atoms. The molecular formula is C19H23N3OS. The molecular weight excluding hydrogens is 318 g/mol. The van der Waals surface area contributed by atoms with Gasteiger partial charge in [-0.2, -0.15) is 5.10 Å². The Hall–Kier alpha value is -2.27. The molecule has 24 heavy (non-hydrogen) atoms. The van der Waals surface area contributed by atoms with Gasteiger partial charge in [0.15, 0.2) is 5.17 Å². The molecule has 2 aromatic carbocycles. The highest BCUT2D eigenvalue weighted by atomic mass is 32.2. The molecule has 0 radical (unpaired) electrons. The van der Waals surface area contributed by atoms with E-state index in [4.69, 9.17) is 10.5 Å². The Morgan fingerprint density at radius 1 is 1.12 bits per heavy atom. The number of thioether (sulfide) groups is 1. The molecule has 0 amide bonds. The van der Waals surface area contributed by atoms with Crippen molar-refractivity contribution in [2.75, 3.05) is 6.61 Å². The first-order valence-electron chi connectivity index (χ1n) is 7.89. The molecule has 5 heteroatoms. The Kier molecular flexibility index (Phi) is 7.36. The minimum atomic E-state index is 0.451. The average Bonchev–Trinajstić information content (AvgIpc) is 2.60. The van der Waals surface area contributed by atoms with Gasteiger partial charge in [0.25, 0.3) is 0 Å². The molecule has 0 heterocycles. The lowest BCUT2D eigenvalue weighted by molar-refractivity contribution is 0.271. The molecule has 0 aliphatic heterocycles. The second-order valence-electron chi connectivity index (χ2n) is 5.73. The van der Waals surface area contributed by atoms with Crippen molar-refractivity contribution in [1.82, 2.24) is 0 Å². The summed E-state index contributed by atoms with van der Waals surface area (Å²) in [6.45, 7) is 4.96. The van der Waals surface area contributed by atoms with E-state index in [1.54, 1.807) is 6.21 Å². The highest BCUT2D eigenvalue weighted by Gasteiger charge is 1.98. The number of amidine groups is 1. The molecule has 126 valence electrons. The summed E-state index contributed by atoms with van der Waals surface area (Å²) in [7, 11) is 0. The van der Waals surface area contributed by atoms with Crippen LogP contribution in [0.5, 0.6) is 5.75 Å². The normalized spacial score (nSPS) is 12.0. The highest BCUT2D eigenvalue weighted by molar-refractivity contribution is 8.13. The molecule has 0 bridgehead atoms. The SMILES string of the molecule is CC(C)COc1ccc(C=NN=C(N)SCc2ccccc2)cc1. The van der Waals surface area contributed by atoms with Gasteiger partial charge < -0.3 is 10.5 Å². The molecule has 0 fully saturated rings. The molecule has 0 aliphatic rings. The van der Waals surface area contributed by atoms with Crippen LogP contribution in [0.3, 0.4) is 0 Å². The molecule has 2 rings (SSSR count). The van der Waals surface area contributed by atoms with Gasteiger partial charge in [-0.25, -0.2) is 0 Å². The van der Waals surface area contributed by atoms with Gasteiger partial charge in [0.05, 0.1) is 12.8 Å². The maximum atomic E-state index is 5.86. The molecule has 0 aliphatic carbocycles. The largest absolute Gasteiger partial charge is 0.493 e. The van der Waals surface area contributed by atoms with Crippen LogP contribution in [0.25, 0.3) is 0 Å². The monoisotopic (exact) mass is 341 g/mol. The van der Waals surface area contributed by atoms with Crippen molar-refractivity contribution >= 4 is 23.1 Å².